The third-order valence-corrected chi connectivity index (χ3v) is 4.47. The van der Waals surface area contributed by atoms with Gasteiger partial charge in [-0.2, -0.15) is 17.6 Å². The number of benzene rings is 1. The van der Waals surface area contributed by atoms with Crippen LogP contribution in [-0.2, 0) is 9.84 Å². The van der Waals surface area contributed by atoms with Gasteiger partial charge in [0.1, 0.15) is 5.52 Å². The van der Waals surface area contributed by atoms with Crippen LogP contribution in [0.4, 0.5) is 22.0 Å². The minimum atomic E-state index is -5.57. The van der Waals surface area contributed by atoms with E-state index in [1.165, 1.54) is 0 Å². The van der Waals surface area contributed by atoms with Crippen molar-refractivity contribution in [1.29, 1.82) is 0 Å². The fourth-order valence-electron chi connectivity index (χ4n) is 1.88. The molecular formula is C13H5F5N2O3S. The first kappa shape index (κ1) is 16.3. The average molecular weight is 364 g/mol. The molecule has 2 aromatic heterocycles. The Kier molecular flexibility index (Phi) is 3.55. The van der Waals surface area contributed by atoms with Crippen molar-refractivity contribution in [3.05, 3.63) is 42.1 Å². The molecule has 1 aromatic carbocycles. The fraction of sp³-hybridized carbons (Fsp3) is 0.0769. The predicted molar refractivity (Wildman–Crippen MR) is 70.4 cm³/mol. The number of hydrogen-bond acceptors (Lipinski definition) is 5. The van der Waals surface area contributed by atoms with Crippen molar-refractivity contribution < 1.29 is 34.8 Å². The van der Waals surface area contributed by atoms with Gasteiger partial charge in [-0.15, -0.1) is 0 Å². The van der Waals surface area contributed by atoms with Gasteiger partial charge in [-0.1, -0.05) is 0 Å². The molecule has 0 fully saturated rings. The maximum absolute atomic E-state index is 13.6. The Labute approximate surface area is 130 Å². The van der Waals surface area contributed by atoms with Crippen molar-refractivity contribution in [3.8, 4) is 11.6 Å². The lowest BCUT2D eigenvalue weighted by Gasteiger charge is -2.07. The van der Waals surface area contributed by atoms with Crippen LogP contribution in [-0.4, -0.2) is 23.9 Å². The van der Waals surface area contributed by atoms with Gasteiger partial charge in [-0.3, -0.25) is 0 Å². The molecule has 0 bridgehead atoms. The molecule has 0 amide bonds. The Morgan fingerprint density at radius 3 is 2.38 bits per heavy atom. The van der Waals surface area contributed by atoms with E-state index in [1.807, 2.05) is 0 Å². The number of halogens is 5. The first-order valence-corrected chi connectivity index (χ1v) is 7.62. The number of hydrogen-bond donors (Lipinski definition) is 0. The summed E-state index contributed by atoms with van der Waals surface area (Å²) in [6.45, 7) is 0. The number of alkyl halides is 3. The summed E-state index contributed by atoms with van der Waals surface area (Å²) < 4.78 is 92.2. The topological polar surface area (TPSA) is 73.1 Å². The Morgan fingerprint density at radius 1 is 1.00 bits per heavy atom. The lowest BCUT2D eigenvalue weighted by Crippen LogP contribution is -2.23. The monoisotopic (exact) mass is 364 g/mol. The van der Waals surface area contributed by atoms with Gasteiger partial charge in [0.05, 0.1) is 4.90 Å². The van der Waals surface area contributed by atoms with E-state index in [0.29, 0.717) is 12.1 Å². The average Bonchev–Trinajstić information content (AvgIpc) is 2.91. The molecule has 0 unspecified atom stereocenters. The van der Waals surface area contributed by atoms with Crippen LogP contribution in [0.1, 0.15) is 0 Å². The van der Waals surface area contributed by atoms with Crippen LogP contribution < -0.4 is 0 Å². The van der Waals surface area contributed by atoms with Gasteiger partial charge >= 0.3 is 5.51 Å². The maximum Gasteiger partial charge on any atom is 0.501 e. The van der Waals surface area contributed by atoms with Gasteiger partial charge in [0.25, 0.3) is 9.84 Å². The molecule has 0 aliphatic heterocycles. The summed E-state index contributed by atoms with van der Waals surface area (Å²) in [4.78, 5) is 5.88. The van der Waals surface area contributed by atoms with Crippen LogP contribution in [0.2, 0.25) is 0 Å². The highest BCUT2D eigenvalue weighted by Gasteiger charge is 2.47. The van der Waals surface area contributed by atoms with Crippen molar-refractivity contribution in [3.63, 3.8) is 0 Å². The number of nitrogens with zero attached hydrogens (tertiary/aromatic N) is 2. The molecule has 0 N–H and O–H groups in total. The standard InChI is InChI=1S/C13H5F5N2O3S/c14-7-2-4-10(15)20-11(7)12-19-8-5-6(1-3-9(8)23-12)24(21,22)13(16,17)18/h1-5H. The Bertz CT molecular complexity index is 1040. The van der Waals surface area contributed by atoms with Crippen LogP contribution in [0.5, 0.6) is 0 Å². The van der Waals surface area contributed by atoms with E-state index in [9.17, 15) is 30.4 Å². The molecule has 126 valence electrons. The minimum absolute atomic E-state index is 0.114. The molecule has 0 spiro atoms. The predicted octanol–water partition coefficient (Wildman–Crippen LogP) is 3.46. The maximum atomic E-state index is 13.6. The zero-order valence-corrected chi connectivity index (χ0v) is 12.1. The molecule has 0 atom stereocenters. The second-order valence-electron chi connectivity index (χ2n) is 4.56. The molecule has 11 heteroatoms. The molecule has 0 radical (unpaired) electrons. The molecule has 0 saturated carbocycles. The Balaban J connectivity index is 2.15. The lowest BCUT2D eigenvalue weighted by molar-refractivity contribution is -0.0435. The smallest absolute Gasteiger partial charge is 0.435 e. The number of fused-ring (bicyclic) bond motifs is 1. The highest BCUT2D eigenvalue weighted by Crippen LogP contribution is 2.33. The molecular weight excluding hydrogens is 359 g/mol. The van der Waals surface area contributed by atoms with Crippen molar-refractivity contribution in [2.45, 2.75) is 10.4 Å². The SMILES string of the molecule is O=S(=O)(c1ccc2oc(-c3nc(F)ccc3F)nc2c1)C(F)(F)F. The van der Waals surface area contributed by atoms with Crippen LogP contribution in [0.25, 0.3) is 22.7 Å². The summed E-state index contributed by atoms with van der Waals surface area (Å²) in [5.74, 6) is -2.48. The van der Waals surface area contributed by atoms with Crippen LogP contribution in [0, 0.1) is 11.8 Å². The number of aromatic nitrogens is 2. The largest absolute Gasteiger partial charge is 0.501 e. The van der Waals surface area contributed by atoms with E-state index in [0.717, 1.165) is 18.2 Å². The zero-order chi connectivity index (χ0) is 17.7. The number of oxazole rings is 1. The van der Waals surface area contributed by atoms with Crippen LogP contribution >= 0.6 is 0 Å². The van der Waals surface area contributed by atoms with Gasteiger partial charge in [-0.05, 0) is 30.3 Å². The molecule has 5 nitrogen and oxygen atoms in total. The van der Waals surface area contributed by atoms with Crippen molar-refractivity contribution in [1.82, 2.24) is 9.97 Å². The normalized spacial score (nSPS) is 12.7. The molecule has 0 saturated heterocycles. The van der Waals surface area contributed by atoms with Crippen molar-refractivity contribution >= 4 is 20.9 Å². The van der Waals surface area contributed by atoms with Gasteiger partial charge in [-0.25, -0.2) is 22.8 Å². The summed E-state index contributed by atoms with van der Waals surface area (Å²) in [5.41, 5.74) is -6.47. The number of rotatable bonds is 2. The van der Waals surface area contributed by atoms with Gasteiger partial charge in [0.2, 0.25) is 11.8 Å². The molecule has 3 aromatic rings. The third kappa shape index (κ3) is 2.60. The first-order valence-electron chi connectivity index (χ1n) is 6.14. The molecule has 3 rings (SSSR count). The second-order valence-corrected chi connectivity index (χ2v) is 6.50. The van der Waals surface area contributed by atoms with Crippen LogP contribution in [0.3, 0.4) is 0 Å². The van der Waals surface area contributed by atoms with Gasteiger partial charge in [0.15, 0.2) is 17.1 Å². The summed E-state index contributed by atoms with van der Waals surface area (Å²) in [6.07, 6.45) is 0. The Hall–Kier alpha value is -2.56. The molecule has 24 heavy (non-hydrogen) atoms. The molecule has 0 aliphatic rings. The molecule has 0 aliphatic carbocycles. The van der Waals surface area contributed by atoms with Gasteiger partial charge < -0.3 is 4.42 Å². The van der Waals surface area contributed by atoms with E-state index in [1.54, 1.807) is 0 Å². The highest BCUT2D eigenvalue weighted by molar-refractivity contribution is 7.92. The van der Waals surface area contributed by atoms with E-state index >= 15 is 0 Å². The number of sulfone groups is 1. The number of pyridine rings is 1. The zero-order valence-electron chi connectivity index (χ0n) is 11.3. The summed E-state index contributed by atoms with van der Waals surface area (Å²) in [5, 5.41) is 0. The summed E-state index contributed by atoms with van der Waals surface area (Å²) in [6, 6.07) is 3.76. The highest BCUT2D eigenvalue weighted by atomic mass is 32.2. The minimum Gasteiger partial charge on any atom is -0.435 e. The summed E-state index contributed by atoms with van der Waals surface area (Å²) >= 11 is 0. The van der Waals surface area contributed by atoms with Crippen molar-refractivity contribution in [2.75, 3.05) is 0 Å². The second kappa shape index (κ2) is 5.23. The third-order valence-electron chi connectivity index (χ3n) is 2.99. The van der Waals surface area contributed by atoms with E-state index in [2.05, 4.69) is 9.97 Å². The van der Waals surface area contributed by atoms with Gasteiger partial charge in [0, 0.05) is 0 Å². The van der Waals surface area contributed by atoms with E-state index in [-0.39, 0.29) is 11.1 Å². The van der Waals surface area contributed by atoms with Crippen molar-refractivity contribution in [2.24, 2.45) is 0 Å². The fourth-order valence-corrected chi connectivity index (χ4v) is 2.66. The van der Waals surface area contributed by atoms with E-state index < -0.39 is 43.6 Å². The quantitative estimate of drug-likeness (QED) is 0.514. The summed E-state index contributed by atoms with van der Waals surface area (Å²) in [7, 11) is -5.57. The lowest BCUT2D eigenvalue weighted by atomic mass is 10.3. The van der Waals surface area contributed by atoms with Crippen LogP contribution in [0.15, 0.2) is 39.6 Å². The Morgan fingerprint density at radius 2 is 1.71 bits per heavy atom. The van der Waals surface area contributed by atoms with E-state index in [4.69, 9.17) is 4.42 Å². The first-order chi connectivity index (χ1) is 11.1. The molecule has 2 heterocycles.